The van der Waals surface area contributed by atoms with Gasteiger partial charge in [-0.2, -0.15) is 5.10 Å². The molecule has 2 N–H and O–H groups in total. The Bertz CT molecular complexity index is 1100. The van der Waals surface area contributed by atoms with Gasteiger partial charge in [-0.05, 0) is 37.3 Å². The number of aryl methyl sites for hydroxylation is 1. The van der Waals surface area contributed by atoms with E-state index in [9.17, 15) is 9.18 Å². The molecule has 0 radical (unpaired) electrons. The molecular formula is C19H16FN7O. The minimum absolute atomic E-state index is 0.250. The molecule has 0 aliphatic rings. The summed E-state index contributed by atoms with van der Waals surface area (Å²) in [7, 11) is 0. The summed E-state index contributed by atoms with van der Waals surface area (Å²) in [5.41, 5.74) is 2.39. The van der Waals surface area contributed by atoms with E-state index in [0.717, 1.165) is 5.56 Å². The summed E-state index contributed by atoms with van der Waals surface area (Å²) < 4.78 is 14.6. The monoisotopic (exact) mass is 377 g/mol. The number of amides is 1. The molecule has 0 spiro atoms. The van der Waals surface area contributed by atoms with Crippen LogP contribution in [-0.4, -0.2) is 35.6 Å². The van der Waals surface area contributed by atoms with Crippen molar-refractivity contribution in [2.45, 2.75) is 13.5 Å². The molecule has 28 heavy (non-hydrogen) atoms. The maximum absolute atomic E-state index is 13.1. The van der Waals surface area contributed by atoms with E-state index < -0.39 is 0 Å². The fourth-order valence-electron chi connectivity index (χ4n) is 2.78. The highest BCUT2D eigenvalue weighted by atomic mass is 19.1. The zero-order valence-corrected chi connectivity index (χ0v) is 14.9. The number of hydrogen-bond donors (Lipinski definition) is 2. The third-order valence-corrected chi connectivity index (χ3v) is 4.16. The molecule has 1 aromatic carbocycles. The van der Waals surface area contributed by atoms with Gasteiger partial charge in [0, 0.05) is 29.6 Å². The second-order valence-corrected chi connectivity index (χ2v) is 6.07. The Morgan fingerprint density at radius 3 is 2.82 bits per heavy atom. The summed E-state index contributed by atoms with van der Waals surface area (Å²) in [4.78, 5) is 28.3. The van der Waals surface area contributed by atoms with E-state index >= 15 is 0 Å². The first-order valence-electron chi connectivity index (χ1n) is 8.51. The molecule has 0 unspecified atom stereocenters. The van der Waals surface area contributed by atoms with Crippen molar-refractivity contribution in [3.05, 3.63) is 78.0 Å². The van der Waals surface area contributed by atoms with E-state index in [1.807, 2.05) is 6.07 Å². The number of H-pyrrole nitrogens is 1. The molecule has 3 aromatic heterocycles. The van der Waals surface area contributed by atoms with Crippen LogP contribution in [0.15, 0.2) is 55.2 Å². The molecular weight excluding hydrogens is 361 g/mol. The molecule has 8 nitrogen and oxygen atoms in total. The lowest BCUT2D eigenvalue weighted by Crippen LogP contribution is -2.25. The molecule has 4 rings (SSSR count). The molecule has 3 heterocycles. The van der Waals surface area contributed by atoms with Crippen LogP contribution in [0.5, 0.6) is 0 Å². The number of halogens is 1. The van der Waals surface area contributed by atoms with E-state index in [2.05, 4.69) is 30.4 Å². The molecule has 0 aliphatic carbocycles. The van der Waals surface area contributed by atoms with Gasteiger partial charge in [0.25, 0.3) is 5.91 Å². The molecule has 9 heteroatoms. The van der Waals surface area contributed by atoms with Gasteiger partial charge in [-0.15, -0.1) is 0 Å². The highest BCUT2D eigenvalue weighted by molar-refractivity contribution is 5.94. The summed E-state index contributed by atoms with van der Waals surface area (Å²) in [5, 5.41) is 6.93. The smallest absolute Gasteiger partial charge is 0.272 e. The normalized spacial score (nSPS) is 10.8. The van der Waals surface area contributed by atoms with Crippen LogP contribution < -0.4 is 5.32 Å². The van der Waals surface area contributed by atoms with Crippen molar-refractivity contribution in [1.82, 2.24) is 35.0 Å². The van der Waals surface area contributed by atoms with Gasteiger partial charge >= 0.3 is 0 Å². The number of pyridine rings is 1. The fraction of sp³-hybridized carbons (Fsp3) is 0.105. The van der Waals surface area contributed by atoms with Crippen LogP contribution in [0.2, 0.25) is 0 Å². The summed E-state index contributed by atoms with van der Waals surface area (Å²) >= 11 is 0. The molecule has 140 valence electrons. The average molecular weight is 377 g/mol. The van der Waals surface area contributed by atoms with Crippen LogP contribution in [0.3, 0.4) is 0 Å². The van der Waals surface area contributed by atoms with Gasteiger partial charge in [-0.1, -0.05) is 6.07 Å². The van der Waals surface area contributed by atoms with E-state index in [4.69, 9.17) is 0 Å². The highest BCUT2D eigenvalue weighted by Gasteiger charge is 2.16. The van der Waals surface area contributed by atoms with Crippen LogP contribution in [-0.2, 0) is 6.54 Å². The fourth-order valence-corrected chi connectivity index (χ4v) is 2.78. The van der Waals surface area contributed by atoms with Crippen molar-refractivity contribution < 1.29 is 9.18 Å². The Morgan fingerprint density at radius 2 is 2.07 bits per heavy atom. The van der Waals surface area contributed by atoms with E-state index in [1.165, 1.54) is 23.1 Å². The van der Waals surface area contributed by atoms with Gasteiger partial charge in [0.15, 0.2) is 5.82 Å². The number of imidazole rings is 1. The van der Waals surface area contributed by atoms with Crippen molar-refractivity contribution in [1.29, 1.82) is 0 Å². The molecule has 0 saturated carbocycles. The number of aromatic nitrogens is 6. The topological polar surface area (TPSA) is 101 Å². The summed E-state index contributed by atoms with van der Waals surface area (Å²) in [5.74, 6) is 0.443. The summed E-state index contributed by atoms with van der Waals surface area (Å²) in [6.45, 7) is 2.01. The maximum Gasteiger partial charge on any atom is 0.272 e. The van der Waals surface area contributed by atoms with Gasteiger partial charge in [0.1, 0.15) is 30.0 Å². The van der Waals surface area contributed by atoms with Gasteiger partial charge in [0.2, 0.25) is 0 Å². The Labute approximate surface area is 159 Å². The Morgan fingerprint density at radius 1 is 1.25 bits per heavy atom. The molecule has 0 aliphatic heterocycles. The zero-order chi connectivity index (χ0) is 19.5. The standard InChI is InChI=1S/C19H16FN7O/c1-12-16(26-17(25-12)13-4-6-15(20)7-5-13)19(28)23-9-14-3-2-8-22-18(14)27-11-21-10-24-27/h2-8,10-11H,9H2,1H3,(H,23,28)(H,25,26). The minimum Gasteiger partial charge on any atom is -0.346 e. The predicted octanol–water partition coefficient (Wildman–Crippen LogP) is 2.43. The SMILES string of the molecule is Cc1[nH]c(-c2ccc(F)cc2)nc1C(=O)NCc1cccnc1-n1cncn1. The molecule has 0 saturated heterocycles. The number of aromatic amines is 1. The Hall–Kier alpha value is -3.88. The van der Waals surface area contributed by atoms with Crippen molar-refractivity contribution in [2.75, 3.05) is 0 Å². The lowest BCUT2D eigenvalue weighted by atomic mass is 10.2. The van der Waals surface area contributed by atoms with Crippen molar-refractivity contribution >= 4 is 5.91 Å². The number of rotatable bonds is 5. The third-order valence-electron chi connectivity index (χ3n) is 4.16. The van der Waals surface area contributed by atoms with Crippen molar-refractivity contribution in [3.8, 4) is 17.2 Å². The lowest BCUT2D eigenvalue weighted by Gasteiger charge is -2.08. The molecule has 4 aromatic rings. The van der Waals surface area contributed by atoms with E-state index in [0.29, 0.717) is 22.9 Å². The number of nitrogens with one attached hydrogen (secondary N) is 2. The minimum atomic E-state index is -0.329. The first-order valence-corrected chi connectivity index (χ1v) is 8.51. The zero-order valence-electron chi connectivity index (χ0n) is 14.9. The average Bonchev–Trinajstić information content (AvgIpc) is 3.37. The molecule has 1 amide bonds. The number of benzene rings is 1. The number of carbonyl (C=O) groups is 1. The number of nitrogens with zero attached hydrogens (tertiary/aromatic N) is 5. The first kappa shape index (κ1) is 17.5. The summed E-state index contributed by atoms with van der Waals surface area (Å²) in [6, 6.07) is 9.55. The van der Waals surface area contributed by atoms with Crippen LogP contribution in [0.4, 0.5) is 4.39 Å². The molecule has 0 atom stereocenters. The molecule has 0 fully saturated rings. The van der Waals surface area contributed by atoms with Gasteiger partial charge in [-0.3, -0.25) is 4.79 Å². The van der Waals surface area contributed by atoms with Crippen LogP contribution >= 0.6 is 0 Å². The quantitative estimate of drug-likeness (QED) is 0.556. The largest absolute Gasteiger partial charge is 0.346 e. The highest BCUT2D eigenvalue weighted by Crippen LogP contribution is 2.18. The van der Waals surface area contributed by atoms with Crippen molar-refractivity contribution in [3.63, 3.8) is 0 Å². The van der Waals surface area contributed by atoms with E-state index in [1.54, 1.807) is 37.6 Å². The lowest BCUT2D eigenvalue weighted by molar-refractivity contribution is 0.0946. The van der Waals surface area contributed by atoms with Crippen molar-refractivity contribution in [2.24, 2.45) is 0 Å². The number of hydrogen-bond acceptors (Lipinski definition) is 5. The van der Waals surface area contributed by atoms with E-state index in [-0.39, 0.29) is 24.0 Å². The van der Waals surface area contributed by atoms with Gasteiger partial charge in [0.05, 0.1) is 0 Å². The van der Waals surface area contributed by atoms with Crippen LogP contribution in [0.1, 0.15) is 21.7 Å². The number of carbonyl (C=O) groups excluding carboxylic acids is 1. The first-order chi connectivity index (χ1) is 13.6. The van der Waals surface area contributed by atoms with Crippen LogP contribution in [0.25, 0.3) is 17.2 Å². The third kappa shape index (κ3) is 3.50. The van der Waals surface area contributed by atoms with Gasteiger partial charge < -0.3 is 10.3 Å². The Kier molecular flexibility index (Phi) is 4.63. The Balaban J connectivity index is 1.52. The maximum atomic E-state index is 13.1. The van der Waals surface area contributed by atoms with Crippen LogP contribution in [0, 0.1) is 12.7 Å². The second-order valence-electron chi connectivity index (χ2n) is 6.07. The summed E-state index contributed by atoms with van der Waals surface area (Å²) in [6.07, 6.45) is 4.61. The predicted molar refractivity (Wildman–Crippen MR) is 99.0 cm³/mol. The second kappa shape index (κ2) is 7.39. The molecule has 0 bridgehead atoms. The van der Waals surface area contributed by atoms with Gasteiger partial charge in [-0.25, -0.2) is 24.0 Å².